The third kappa shape index (κ3) is 2.31. The van der Waals surface area contributed by atoms with E-state index in [0.29, 0.717) is 23.4 Å². The molecule has 1 saturated carbocycles. The van der Waals surface area contributed by atoms with Crippen molar-refractivity contribution in [2.24, 2.45) is 5.92 Å². The molecule has 4 rings (SSSR count). The summed E-state index contributed by atoms with van der Waals surface area (Å²) < 4.78 is 7.01. The average molecular weight is 302 g/mol. The fourth-order valence-corrected chi connectivity index (χ4v) is 3.13. The zero-order chi connectivity index (χ0) is 15.1. The van der Waals surface area contributed by atoms with Gasteiger partial charge in [-0.25, -0.2) is 0 Å². The van der Waals surface area contributed by atoms with Crippen LogP contribution in [0.3, 0.4) is 0 Å². The van der Waals surface area contributed by atoms with E-state index in [-0.39, 0.29) is 10.7 Å². The monoisotopic (exact) mass is 302 g/mol. The summed E-state index contributed by atoms with van der Waals surface area (Å²) in [5.74, 6) is 1.01. The van der Waals surface area contributed by atoms with E-state index in [2.05, 4.69) is 9.88 Å². The lowest BCUT2D eigenvalue weighted by molar-refractivity contribution is -0.389. The molecule has 3 heterocycles. The van der Waals surface area contributed by atoms with Crippen molar-refractivity contribution in [3.05, 3.63) is 34.5 Å². The highest BCUT2D eigenvalue weighted by molar-refractivity contribution is 5.64. The number of aromatic nitrogens is 2. The lowest BCUT2D eigenvalue weighted by Gasteiger charge is -2.24. The number of pyridine rings is 1. The van der Waals surface area contributed by atoms with E-state index in [1.54, 1.807) is 22.7 Å². The van der Waals surface area contributed by atoms with E-state index in [4.69, 9.17) is 4.74 Å². The number of nitro groups is 1. The Kier molecular flexibility index (Phi) is 3.22. The fourth-order valence-electron chi connectivity index (χ4n) is 3.13. The van der Waals surface area contributed by atoms with Crippen LogP contribution in [0.2, 0.25) is 0 Å². The van der Waals surface area contributed by atoms with Gasteiger partial charge < -0.3 is 19.8 Å². The maximum absolute atomic E-state index is 11.6. The molecule has 22 heavy (non-hydrogen) atoms. The minimum atomic E-state index is -0.324. The van der Waals surface area contributed by atoms with Crippen molar-refractivity contribution in [3.63, 3.8) is 0 Å². The topological polar surface area (TPSA) is 72.9 Å². The maximum atomic E-state index is 11.6. The Labute approximate surface area is 127 Å². The van der Waals surface area contributed by atoms with E-state index in [9.17, 15) is 10.1 Å². The molecule has 0 spiro atoms. The van der Waals surface area contributed by atoms with Gasteiger partial charge in [0.05, 0.1) is 12.8 Å². The number of ether oxygens (including phenoxy) is 1. The molecule has 0 N–H and O–H groups in total. The second-order valence-corrected chi connectivity index (χ2v) is 6.06. The second kappa shape index (κ2) is 5.24. The molecule has 0 bridgehead atoms. The van der Waals surface area contributed by atoms with Crippen LogP contribution < -0.4 is 4.90 Å². The van der Waals surface area contributed by atoms with Crippen LogP contribution in [-0.2, 0) is 4.74 Å². The molecule has 0 radical (unpaired) electrons. The molecule has 7 nitrogen and oxygen atoms in total. The van der Waals surface area contributed by atoms with Gasteiger partial charge in [0.15, 0.2) is 0 Å². The molecule has 7 heteroatoms. The van der Waals surface area contributed by atoms with Crippen molar-refractivity contribution >= 4 is 17.3 Å². The van der Waals surface area contributed by atoms with Crippen LogP contribution in [0.15, 0.2) is 24.4 Å². The van der Waals surface area contributed by atoms with Crippen LogP contribution in [0.25, 0.3) is 5.65 Å². The van der Waals surface area contributed by atoms with Crippen molar-refractivity contribution < 1.29 is 9.66 Å². The number of fused-ring (bicyclic) bond motifs is 1. The molecular weight excluding hydrogens is 284 g/mol. The molecule has 116 valence electrons. The van der Waals surface area contributed by atoms with Crippen LogP contribution in [0, 0.1) is 16.0 Å². The fraction of sp³-hybridized carbons (Fsp3) is 0.533. The zero-order valence-corrected chi connectivity index (χ0v) is 12.2. The quantitative estimate of drug-likeness (QED) is 0.625. The summed E-state index contributed by atoms with van der Waals surface area (Å²) in [5, 5.41) is 11.6. The number of hydrogen-bond donors (Lipinski definition) is 0. The first kappa shape index (κ1) is 13.5. The Balaban J connectivity index is 1.76. The van der Waals surface area contributed by atoms with Crippen LogP contribution in [0.5, 0.6) is 0 Å². The number of rotatable bonds is 5. The number of hydrogen-bond acceptors (Lipinski definition) is 5. The van der Waals surface area contributed by atoms with Crippen molar-refractivity contribution in [1.29, 1.82) is 0 Å². The molecule has 0 unspecified atom stereocenters. The molecule has 1 saturated heterocycles. The third-order valence-corrected chi connectivity index (χ3v) is 4.40. The van der Waals surface area contributed by atoms with Gasteiger partial charge >= 0.3 is 5.82 Å². The molecule has 2 aromatic heterocycles. The van der Waals surface area contributed by atoms with Crippen LogP contribution in [0.1, 0.15) is 19.3 Å². The maximum Gasteiger partial charge on any atom is 0.372 e. The van der Waals surface area contributed by atoms with Crippen LogP contribution >= 0.6 is 0 Å². The van der Waals surface area contributed by atoms with Crippen LogP contribution in [-0.4, -0.2) is 40.1 Å². The highest BCUT2D eigenvalue weighted by Crippen LogP contribution is 2.38. The first-order valence-electron chi connectivity index (χ1n) is 7.70. The van der Waals surface area contributed by atoms with Gasteiger partial charge in [-0.3, -0.25) is 0 Å². The van der Waals surface area contributed by atoms with Gasteiger partial charge in [-0.05, 0) is 30.3 Å². The molecule has 1 atom stereocenters. The third-order valence-electron chi connectivity index (χ3n) is 4.40. The lowest BCUT2D eigenvalue weighted by atomic mass is 10.1. The van der Waals surface area contributed by atoms with Gasteiger partial charge in [0.1, 0.15) is 0 Å². The lowest BCUT2D eigenvalue weighted by Crippen LogP contribution is -2.32. The Bertz CT molecular complexity index is 704. The predicted octanol–water partition coefficient (Wildman–Crippen LogP) is 2.25. The zero-order valence-electron chi connectivity index (χ0n) is 12.2. The Morgan fingerprint density at radius 3 is 2.95 bits per heavy atom. The van der Waals surface area contributed by atoms with Crippen molar-refractivity contribution in [3.8, 4) is 0 Å². The highest BCUT2D eigenvalue weighted by atomic mass is 16.6. The highest BCUT2D eigenvalue weighted by Gasteiger charge is 2.37. The molecule has 1 aliphatic carbocycles. The second-order valence-electron chi connectivity index (χ2n) is 6.06. The van der Waals surface area contributed by atoms with E-state index >= 15 is 0 Å². The normalized spacial score (nSPS) is 21.4. The predicted molar refractivity (Wildman–Crippen MR) is 81.1 cm³/mol. The summed E-state index contributed by atoms with van der Waals surface area (Å²) >= 11 is 0. The van der Waals surface area contributed by atoms with Gasteiger partial charge in [-0.2, -0.15) is 9.38 Å². The first-order chi connectivity index (χ1) is 10.7. The van der Waals surface area contributed by atoms with Gasteiger partial charge in [0.25, 0.3) is 0 Å². The molecule has 2 aliphatic rings. The summed E-state index contributed by atoms with van der Waals surface area (Å²) in [6.07, 6.45) is 4.88. The van der Waals surface area contributed by atoms with Crippen LogP contribution in [0.4, 0.5) is 11.6 Å². The summed E-state index contributed by atoms with van der Waals surface area (Å²) in [5.41, 5.74) is 0.623. The van der Waals surface area contributed by atoms with E-state index in [1.165, 1.54) is 0 Å². The van der Waals surface area contributed by atoms with E-state index < -0.39 is 0 Å². The van der Waals surface area contributed by atoms with Gasteiger partial charge in [-0.15, -0.1) is 0 Å². The van der Waals surface area contributed by atoms with Gasteiger partial charge in [0, 0.05) is 31.2 Å². The van der Waals surface area contributed by atoms with Gasteiger partial charge in [0.2, 0.25) is 11.5 Å². The Morgan fingerprint density at radius 1 is 1.41 bits per heavy atom. The molecule has 2 fully saturated rings. The first-order valence-corrected chi connectivity index (χ1v) is 7.70. The SMILES string of the molecule is O=[N+]([O-])c1c(N(C[C@@H]2CCOC2)C2CC2)nc2ccccn12. The number of nitrogens with zero attached hydrogens (tertiary/aromatic N) is 4. The minimum Gasteiger partial charge on any atom is -0.381 e. The van der Waals surface area contributed by atoms with E-state index in [0.717, 1.165) is 39.0 Å². The van der Waals surface area contributed by atoms with Gasteiger partial charge in [-0.1, -0.05) is 6.07 Å². The molecule has 1 aliphatic heterocycles. The largest absolute Gasteiger partial charge is 0.381 e. The Hall–Kier alpha value is -2.15. The van der Waals surface area contributed by atoms with Crippen molar-refractivity contribution in [2.75, 3.05) is 24.7 Å². The summed E-state index contributed by atoms with van der Waals surface area (Å²) in [6, 6.07) is 5.82. The molecule has 0 aromatic carbocycles. The Morgan fingerprint density at radius 2 is 2.27 bits per heavy atom. The average Bonchev–Trinajstić information content (AvgIpc) is 3.08. The number of imidazole rings is 1. The molecule has 2 aromatic rings. The molecular formula is C15H18N4O3. The van der Waals surface area contributed by atoms with Crippen molar-refractivity contribution in [1.82, 2.24) is 9.38 Å². The van der Waals surface area contributed by atoms with Crippen molar-refractivity contribution in [2.45, 2.75) is 25.3 Å². The van der Waals surface area contributed by atoms with E-state index in [1.807, 2.05) is 6.07 Å². The summed E-state index contributed by atoms with van der Waals surface area (Å²) in [7, 11) is 0. The summed E-state index contributed by atoms with van der Waals surface area (Å²) in [4.78, 5) is 17.9. The summed E-state index contributed by atoms with van der Waals surface area (Å²) in [6.45, 7) is 2.32. The minimum absolute atomic E-state index is 0.0708. The molecule has 0 amide bonds. The number of anilines is 1. The standard InChI is InChI=1S/C15H18N4O3/c20-19(21)15-14(16-13-3-1-2-7-17(13)15)18(12-4-5-12)9-11-6-8-22-10-11/h1-3,7,11-12H,4-6,8-10H2/t11-/m0/s1. The smallest absolute Gasteiger partial charge is 0.372 e.